The van der Waals surface area contributed by atoms with Crippen molar-refractivity contribution in [3.05, 3.63) is 69.9 Å². The average Bonchev–Trinajstić information content (AvgIpc) is 3.41. The summed E-state index contributed by atoms with van der Waals surface area (Å²) in [6, 6.07) is 14.4. The first-order chi connectivity index (χ1) is 13.8. The summed E-state index contributed by atoms with van der Waals surface area (Å²) in [5.74, 6) is 0.210. The summed E-state index contributed by atoms with van der Waals surface area (Å²) in [6.45, 7) is 4.36. The van der Waals surface area contributed by atoms with E-state index in [4.69, 9.17) is 0 Å². The van der Waals surface area contributed by atoms with Crippen LogP contribution in [0.3, 0.4) is 0 Å². The highest BCUT2D eigenvalue weighted by atomic mass is 32.1. The van der Waals surface area contributed by atoms with Gasteiger partial charge in [0.1, 0.15) is 0 Å². The van der Waals surface area contributed by atoms with Gasteiger partial charge in [-0.3, -0.25) is 9.69 Å². The first-order valence-corrected chi connectivity index (χ1v) is 11.2. The number of nitrogens with zero attached hydrogens (tertiary/aromatic N) is 3. The zero-order valence-electron chi connectivity index (χ0n) is 15.7. The number of benzene rings is 1. The van der Waals surface area contributed by atoms with Crippen molar-refractivity contribution in [2.75, 3.05) is 32.7 Å². The lowest BCUT2D eigenvalue weighted by molar-refractivity contribution is -0.132. The van der Waals surface area contributed by atoms with Crippen molar-refractivity contribution in [3.63, 3.8) is 0 Å². The van der Waals surface area contributed by atoms with E-state index in [1.807, 2.05) is 27.9 Å². The van der Waals surface area contributed by atoms with E-state index in [0.29, 0.717) is 6.42 Å². The zero-order chi connectivity index (χ0) is 19.2. The monoisotopic (exact) mass is 409 g/mol. The molecule has 144 valence electrons. The van der Waals surface area contributed by atoms with Crippen molar-refractivity contribution in [1.29, 1.82) is 0 Å². The van der Waals surface area contributed by atoms with E-state index >= 15 is 0 Å². The standard InChI is InChI=1S/C22H23N3OS2/c26-21(16-20-22(23-17-28-20)19-9-5-15-27-19)25-13-11-24(12-14-25)10-4-8-18-6-2-1-3-7-18/h1-9,15,17H,10-14,16H2. The second-order valence-electron chi connectivity index (χ2n) is 6.77. The molecule has 0 unspecified atom stereocenters. The number of hydrogen-bond donors (Lipinski definition) is 0. The second-order valence-corrected chi connectivity index (χ2v) is 8.66. The minimum Gasteiger partial charge on any atom is -0.340 e. The quantitative estimate of drug-likeness (QED) is 0.610. The van der Waals surface area contributed by atoms with E-state index in [0.717, 1.165) is 48.2 Å². The van der Waals surface area contributed by atoms with Crippen molar-refractivity contribution >= 4 is 34.7 Å². The van der Waals surface area contributed by atoms with Crippen molar-refractivity contribution in [2.45, 2.75) is 6.42 Å². The molecule has 1 aliphatic heterocycles. The first-order valence-electron chi connectivity index (χ1n) is 9.47. The van der Waals surface area contributed by atoms with Crippen LogP contribution < -0.4 is 0 Å². The van der Waals surface area contributed by atoms with E-state index in [-0.39, 0.29) is 5.91 Å². The molecule has 0 atom stereocenters. The van der Waals surface area contributed by atoms with Crippen molar-refractivity contribution in [3.8, 4) is 10.6 Å². The van der Waals surface area contributed by atoms with E-state index in [9.17, 15) is 4.79 Å². The van der Waals surface area contributed by atoms with Crippen LogP contribution in [0.1, 0.15) is 10.4 Å². The molecule has 1 saturated heterocycles. The summed E-state index contributed by atoms with van der Waals surface area (Å²) in [7, 11) is 0. The van der Waals surface area contributed by atoms with Gasteiger partial charge in [0, 0.05) is 37.6 Å². The molecule has 0 aliphatic carbocycles. The fraction of sp³-hybridized carbons (Fsp3) is 0.273. The number of hydrogen-bond acceptors (Lipinski definition) is 5. The Morgan fingerprint density at radius 1 is 1.04 bits per heavy atom. The molecule has 1 aliphatic rings. The topological polar surface area (TPSA) is 36.4 Å². The Morgan fingerprint density at radius 2 is 1.86 bits per heavy atom. The Bertz CT molecular complexity index is 910. The Hall–Kier alpha value is -2.28. The molecule has 0 radical (unpaired) electrons. The Labute approximate surface area is 173 Å². The van der Waals surface area contributed by atoms with Gasteiger partial charge in [-0.1, -0.05) is 48.6 Å². The Balaban J connectivity index is 1.27. The minimum atomic E-state index is 0.210. The number of aromatic nitrogens is 1. The number of thiophene rings is 1. The maximum absolute atomic E-state index is 12.8. The van der Waals surface area contributed by atoms with Crippen molar-refractivity contribution in [1.82, 2.24) is 14.8 Å². The predicted molar refractivity (Wildman–Crippen MR) is 118 cm³/mol. The van der Waals surface area contributed by atoms with Gasteiger partial charge in [-0.2, -0.15) is 0 Å². The molecule has 1 aromatic carbocycles. The molecular formula is C22H23N3OS2. The molecule has 1 amide bonds. The van der Waals surface area contributed by atoms with E-state index in [1.165, 1.54) is 5.56 Å². The average molecular weight is 410 g/mol. The van der Waals surface area contributed by atoms with Crippen LogP contribution in [0.2, 0.25) is 0 Å². The molecule has 0 N–H and O–H groups in total. The highest BCUT2D eigenvalue weighted by Crippen LogP contribution is 2.29. The summed E-state index contributed by atoms with van der Waals surface area (Å²) in [5, 5.41) is 2.05. The Morgan fingerprint density at radius 3 is 2.61 bits per heavy atom. The maximum atomic E-state index is 12.8. The van der Waals surface area contributed by atoms with Gasteiger partial charge in [-0.15, -0.1) is 22.7 Å². The summed E-state index contributed by atoms with van der Waals surface area (Å²) in [6.07, 6.45) is 4.82. The first kappa shape index (κ1) is 19.1. The summed E-state index contributed by atoms with van der Waals surface area (Å²) in [4.78, 5) is 23.8. The lowest BCUT2D eigenvalue weighted by Gasteiger charge is -2.34. The highest BCUT2D eigenvalue weighted by Gasteiger charge is 2.22. The summed E-state index contributed by atoms with van der Waals surface area (Å²) in [5.41, 5.74) is 4.04. The fourth-order valence-electron chi connectivity index (χ4n) is 3.34. The predicted octanol–water partition coefficient (Wildman–Crippen LogP) is 4.27. The maximum Gasteiger partial charge on any atom is 0.227 e. The van der Waals surface area contributed by atoms with Gasteiger partial charge < -0.3 is 4.90 Å². The molecule has 4 nitrogen and oxygen atoms in total. The van der Waals surface area contributed by atoms with Crippen molar-refractivity contribution in [2.24, 2.45) is 0 Å². The fourth-order valence-corrected chi connectivity index (χ4v) is 4.92. The zero-order valence-corrected chi connectivity index (χ0v) is 17.3. The molecule has 0 saturated carbocycles. The van der Waals surface area contributed by atoms with Gasteiger partial charge in [0.15, 0.2) is 0 Å². The van der Waals surface area contributed by atoms with Crippen LogP contribution in [-0.4, -0.2) is 53.4 Å². The van der Waals surface area contributed by atoms with E-state index < -0.39 is 0 Å². The Kier molecular flexibility index (Phi) is 6.31. The van der Waals surface area contributed by atoms with Gasteiger partial charge in [0.2, 0.25) is 5.91 Å². The third kappa shape index (κ3) is 4.76. The van der Waals surface area contributed by atoms with Crippen LogP contribution in [0.4, 0.5) is 0 Å². The molecule has 3 aromatic rings. The molecule has 6 heteroatoms. The third-order valence-corrected chi connectivity index (χ3v) is 6.62. The van der Waals surface area contributed by atoms with Gasteiger partial charge in [-0.25, -0.2) is 4.98 Å². The molecule has 1 fully saturated rings. The number of thiazole rings is 1. The van der Waals surface area contributed by atoms with Crippen LogP contribution in [0.5, 0.6) is 0 Å². The van der Waals surface area contributed by atoms with Crippen LogP contribution in [0.15, 0.2) is 59.4 Å². The van der Waals surface area contributed by atoms with Crippen LogP contribution in [0, 0.1) is 0 Å². The molecular weight excluding hydrogens is 386 g/mol. The van der Waals surface area contributed by atoms with Crippen LogP contribution in [-0.2, 0) is 11.2 Å². The lowest BCUT2D eigenvalue weighted by atomic mass is 10.2. The summed E-state index contributed by atoms with van der Waals surface area (Å²) >= 11 is 3.25. The molecule has 0 bridgehead atoms. The molecule has 3 heterocycles. The van der Waals surface area contributed by atoms with Gasteiger partial charge in [0.25, 0.3) is 0 Å². The number of carbonyl (C=O) groups is 1. The molecule has 0 spiro atoms. The van der Waals surface area contributed by atoms with Crippen molar-refractivity contribution < 1.29 is 4.79 Å². The van der Waals surface area contributed by atoms with Gasteiger partial charge in [0.05, 0.1) is 22.5 Å². The highest BCUT2D eigenvalue weighted by molar-refractivity contribution is 7.14. The van der Waals surface area contributed by atoms with Crippen LogP contribution in [0.25, 0.3) is 16.6 Å². The largest absolute Gasteiger partial charge is 0.340 e. The van der Waals surface area contributed by atoms with Crippen LogP contribution >= 0.6 is 22.7 Å². The minimum absolute atomic E-state index is 0.210. The lowest BCUT2D eigenvalue weighted by Crippen LogP contribution is -2.49. The molecule has 2 aromatic heterocycles. The number of carbonyl (C=O) groups excluding carboxylic acids is 1. The van der Waals surface area contributed by atoms with E-state index in [2.05, 4.69) is 52.4 Å². The number of piperazine rings is 1. The normalized spacial score (nSPS) is 15.4. The number of amides is 1. The second kappa shape index (κ2) is 9.28. The number of rotatable bonds is 6. The SMILES string of the molecule is O=C(Cc1scnc1-c1cccs1)N1CCN(CC=Cc2ccccc2)CC1. The smallest absolute Gasteiger partial charge is 0.227 e. The summed E-state index contributed by atoms with van der Waals surface area (Å²) < 4.78 is 0. The molecule has 28 heavy (non-hydrogen) atoms. The van der Waals surface area contributed by atoms with Gasteiger partial charge >= 0.3 is 0 Å². The molecule has 4 rings (SSSR count). The van der Waals surface area contributed by atoms with Gasteiger partial charge in [-0.05, 0) is 17.0 Å². The van der Waals surface area contributed by atoms with E-state index in [1.54, 1.807) is 22.7 Å². The third-order valence-electron chi connectivity index (χ3n) is 4.91.